The fourth-order valence-corrected chi connectivity index (χ4v) is 2.35. The van der Waals surface area contributed by atoms with Crippen LogP contribution in [-0.2, 0) is 13.6 Å². The van der Waals surface area contributed by atoms with Crippen molar-refractivity contribution in [2.45, 2.75) is 39.2 Å². The Morgan fingerprint density at radius 2 is 2.00 bits per heavy atom. The van der Waals surface area contributed by atoms with E-state index in [0.29, 0.717) is 13.2 Å². The number of rotatable bonds is 9. The van der Waals surface area contributed by atoms with E-state index in [1.165, 1.54) is 7.11 Å². The molecule has 1 atom stereocenters. The Morgan fingerprint density at radius 3 is 2.47 bits per heavy atom. The predicted octanol–water partition coefficient (Wildman–Crippen LogP) is 1.88. The van der Waals surface area contributed by atoms with E-state index in [0.717, 1.165) is 19.3 Å². The van der Waals surface area contributed by atoms with E-state index in [2.05, 4.69) is 5.09 Å². The lowest BCUT2D eigenvalue weighted by atomic mass is 10.2. The third-order valence-corrected chi connectivity index (χ3v) is 3.60. The summed E-state index contributed by atoms with van der Waals surface area (Å²) in [7, 11) is -1.70. The van der Waals surface area contributed by atoms with Crippen LogP contribution in [0.3, 0.4) is 0 Å². The standard InChI is InChI=1S/C9H23N2O3P/c1-9(2)11-15(12,13-3)14-8-6-4-5-7-10/h9H,4-8,10H2,1-3H3,(H,11,12). The zero-order chi connectivity index (χ0) is 11.7. The summed E-state index contributed by atoms with van der Waals surface area (Å²) in [5.41, 5.74) is 5.36. The van der Waals surface area contributed by atoms with Gasteiger partial charge in [0, 0.05) is 13.2 Å². The summed E-state index contributed by atoms with van der Waals surface area (Å²) < 4.78 is 21.9. The molecule has 0 amide bonds. The van der Waals surface area contributed by atoms with Crippen molar-refractivity contribution in [3.8, 4) is 0 Å². The van der Waals surface area contributed by atoms with Gasteiger partial charge in [-0.2, -0.15) is 0 Å². The molecule has 0 radical (unpaired) electrons. The molecule has 0 saturated carbocycles. The van der Waals surface area contributed by atoms with Crippen LogP contribution in [0.5, 0.6) is 0 Å². The van der Waals surface area contributed by atoms with Crippen molar-refractivity contribution >= 4 is 7.75 Å². The van der Waals surface area contributed by atoms with Crippen LogP contribution in [0.25, 0.3) is 0 Å². The summed E-state index contributed by atoms with van der Waals surface area (Å²) in [4.78, 5) is 0. The van der Waals surface area contributed by atoms with Gasteiger partial charge in [0.2, 0.25) is 0 Å². The van der Waals surface area contributed by atoms with Gasteiger partial charge in [0.05, 0.1) is 6.61 Å². The molecule has 0 aromatic carbocycles. The summed E-state index contributed by atoms with van der Waals surface area (Å²) in [6.45, 7) is 4.91. The molecule has 3 N–H and O–H groups in total. The molecule has 0 aromatic heterocycles. The molecule has 0 aliphatic heterocycles. The van der Waals surface area contributed by atoms with E-state index in [9.17, 15) is 4.57 Å². The van der Waals surface area contributed by atoms with Crippen LogP contribution in [0.4, 0.5) is 0 Å². The smallest absolute Gasteiger partial charge is 0.330 e. The average Bonchev–Trinajstić information content (AvgIpc) is 2.16. The van der Waals surface area contributed by atoms with Crippen molar-refractivity contribution in [2.75, 3.05) is 20.3 Å². The van der Waals surface area contributed by atoms with Crippen LogP contribution < -0.4 is 10.8 Å². The normalized spacial score (nSPS) is 15.5. The minimum Gasteiger partial charge on any atom is -0.330 e. The monoisotopic (exact) mass is 238 g/mol. The van der Waals surface area contributed by atoms with Gasteiger partial charge in [-0.15, -0.1) is 0 Å². The van der Waals surface area contributed by atoms with Crippen LogP contribution in [0.2, 0.25) is 0 Å². The molecule has 0 spiro atoms. The molecule has 0 saturated heterocycles. The maximum absolute atomic E-state index is 11.8. The van der Waals surface area contributed by atoms with Crippen molar-refractivity contribution in [1.82, 2.24) is 5.09 Å². The fourth-order valence-electron chi connectivity index (χ4n) is 1.07. The summed E-state index contributed by atoms with van der Waals surface area (Å²) in [5, 5.41) is 2.78. The first-order valence-corrected chi connectivity index (χ1v) is 6.86. The lowest BCUT2D eigenvalue weighted by Gasteiger charge is -2.19. The molecule has 1 unspecified atom stereocenters. The van der Waals surface area contributed by atoms with E-state index in [1.807, 2.05) is 13.8 Å². The summed E-state index contributed by atoms with van der Waals surface area (Å²) in [5.74, 6) is 0. The van der Waals surface area contributed by atoms with Gasteiger partial charge in [0.15, 0.2) is 0 Å². The van der Waals surface area contributed by atoms with Gasteiger partial charge >= 0.3 is 7.75 Å². The first-order valence-electron chi connectivity index (χ1n) is 5.32. The number of unbranched alkanes of at least 4 members (excludes halogenated alkanes) is 2. The Kier molecular flexibility index (Phi) is 8.29. The zero-order valence-electron chi connectivity index (χ0n) is 9.86. The Hall–Kier alpha value is 0.0700. The van der Waals surface area contributed by atoms with Gasteiger partial charge < -0.3 is 10.3 Å². The first kappa shape index (κ1) is 15.1. The Labute approximate surface area is 92.3 Å². The lowest BCUT2D eigenvalue weighted by Crippen LogP contribution is -2.21. The lowest BCUT2D eigenvalue weighted by molar-refractivity contribution is 0.217. The Bertz CT molecular complexity index is 200. The molecule has 92 valence electrons. The third kappa shape index (κ3) is 7.94. The minimum absolute atomic E-state index is 0.0693. The molecule has 6 heteroatoms. The van der Waals surface area contributed by atoms with E-state index in [4.69, 9.17) is 14.8 Å². The van der Waals surface area contributed by atoms with Crippen LogP contribution in [-0.4, -0.2) is 26.3 Å². The summed E-state index contributed by atoms with van der Waals surface area (Å²) in [6.07, 6.45) is 2.81. The second-order valence-electron chi connectivity index (χ2n) is 3.65. The number of nitrogens with two attached hydrogens (primary N) is 1. The topological polar surface area (TPSA) is 73.6 Å². The maximum atomic E-state index is 11.8. The number of hydrogen-bond acceptors (Lipinski definition) is 4. The van der Waals surface area contributed by atoms with Crippen molar-refractivity contribution in [2.24, 2.45) is 5.73 Å². The highest BCUT2D eigenvalue weighted by Gasteiger charge is 2.23. The molecule has 0 aliphatic rings. The molecule has 0 fully saturated rings. The molecule has 0 aliphatic carbocycles. The molecule has 0 bridgehead atoms. The van der Waals surface area contributed by atoms with E-state index < -0.39 is 7.75 Å². The average molecular weight is 238 g/mol. The summed E-state index contributed by atoms with van der Waals surface area (Å²) >= 11 is 0. The van der Waals surface area contributed by atoms with E-state index in [1.54, 1.807) is 0 Å². The van der Waals surface area contributed by atoms with Crippen molar-refractivity contribution < 1.29 is 13.6 Å². The van der Waals surface area contributed by atoms with E-state index in [-0.39, 0.29) is 6.04 Å². The summed E-state index contributed by atoms with van der Waals surface area (Å²) in [6, 6.07) is 0.0693. The van der Waals surface area contributed by atoms with Gasteiger partial charge in [-0.3, -0.25) is 4.52 Å². The van der Waals surface area contributed by atoms with Crippen molar-refractivity contribution in [1.29, 1.82) is 0 Å². The molecule has 15 heavy (non-hydrogen) atoms. The van der Waals surface area contributed by atoms with Gasteiger partial charge in [-0.1, -0.05) is 0 Å². The fraction of sp³-hybridized carbons (Fsp3) is 1.00. The van der Waals surface area contributed by atoms with Crippen molar-refractivity contribution in [3.05, 3.63) is 0 Å². The number of nitrogens with one attached hydrogen (secondary N) is 1. The van der Waals surface area contributed by atoms with Crippen LogP contribution >= 0.6 is 7.75 Å². The highest BCUT2D eigenvalue weighted by Crippen LogP contribution is 2.43. The highest BCUT2D eigenvalue weighted by atomic mass is 31.2. The Balaban J connectivity index is 3.73. The first-order chi connectivity index (χ1) is 7.04. The third-order valence-electron chi connectivity index (χ3n) is 1.77. The second-order valence-corrected chi connectivity index (χ2v) is 5.52. The van der Waals surface area contributed by atoms with Gasteiger partial charge in [0.25, 0.3) is 0 Å². The maximum Gasteiger partial charge on any atom is 0.405 e. The molecule has 0 heterocycles. The van der Waals surface area contributed by atoms with Crippen LogP contribution in [0.15, 0.2) is 0 Å². The molecule has 0 rings (SSSR count). The number of hydrogen-bond donors (Lipinski definition) is 2. The minimum atomic E-state index is -3.09. The highest BCUT2D eigenvalue weighted by molar-refractivity contribution is 7.51. The predicted molar refractivity (Wildman–Crippen MR) is 61.7 cm³/mol. The molecular formula is C9H23N2O3P. The largest absolute Gasteiger partial charge is 0.405 e. The van der Waals surface area contributed by atoms with Crippen molar-refractivity contribution in [3.63, 3.8) is 0 Å². The van der Waals surface area contributed by atoms with Crippen LogP contribution in [0, 0.1) is 0 Å². The van der Waals surface area contributed by atoms with Gasteiger partial charge in [-0.25, -0.2) is 9.65 Å². The second kappa shape index (κ2) is 8.25. The zero-order valence-corrected chi connectivity index (χ0v) is 10.8. The van der Waals surface area contributed by atoms with E-state index >= 15 is 0 Å². The quantitative estimate of drug-likeness (QED) is 0.474. The van der Waals surface area contributed by atoms with Crippen LogP contribution in [0.1, 0.15) is 33.1 Å². The molecule has 0 aromatic rings. The molecular weight excluding hydrogens is 215 g/mol. The van der Waals surface area contributed by atoms with Gasteiger partial charge in [0.1, 0.15) is 0 Å². The molecule has 5 nitrogen and oxygen atoms in total. The SMILES string of the molecule is COP(=O)(NC(C)C)OCCCCCN. The van der Waals surface area contributed by atoms with Gasteiger partial charge in [-0.05, 0) is 39.7 Å². The Morgan fingerprint density at radius 1 is 1.33 bits per heavy atom.